The number of pyridine rings is 1. The van der Waals surface area contributed by atoms with Crippen LogP contribution in [-0.2, 0) is 5.41 Å². The number of halogens is 1. The summed E-state index contributed by atoms with van der Waals surface area (Å²) in [5.41, 5.74) is 5.06. The highest BCUT2D eigenvalue weighted by Crippen LogP contribution is 2.26. The van der Waals surface area contributed by atoms with Gasteiger partial charge in [0.1, 0.15) is 0 Å². The third-order valence-electron chi connectivity index (χ3n) is 3.04. The van der Waals surface area contributed by atoms with E-state index < -0.39 is 11.7 Å². The zero-order valence-electron chi connectivity index (χ0n) is 11.3. The van der Waals surface area contributed by atoms with Gasteiger partial charge in [-0.1, -0.05) is 19.9 Å². The van der Waals surface area contributed by atoms with E-state index in [4.69, 9.17) is 5.73 Å². The summed E-state index contributed by atoms with van der Waals surface area (Å²) < 4.78 is 13.7. The summed E-state index contributed by atoms with van der Waals surface area (Å²) in [4.78, 5) is 16.8. The Labute approximate surface area is 120 Å². The second kappa shape index (κ2) is 5.58. The van der Waals surface area contributed by atoms with Crippen LogP contribution in [0, 0.1) is 5.82 Å². The van der Waals surface area contributed by atoms with Crippen LogP contribution in [0.2, 0.25) is 0 Å². The Morgan fingerprint density at radius 3 is 2.90 bits per heavy atom. The fourth-order valence-electron chi connectivity index (χ4n) is 1.78. The molecule has 2 aromatic rings. The Morgan fingerprint density at radius 2 is 2.25 bits per heavy atom. The SMILES string of the molecule is CC(C)(CNC(=O)c1ccnc(N)c1F)c1cccs1. The Kier molecular flexibility index (Phi) is 4.04. The van der Waals surface area contributed by atoms with Gasteiger partial charge < -0.3 is 11.1 Å². The molecule has 0 unspecified atom stereocenters. The van der Waals surface area contributed by atoms with E-state index in [1.54, 1.807) is 11.3 Å². The van der Waals surface area contributed by atoms with Crippen LogP contribution >= 0.6 is 11.3 Å². The minimum atomic E-state index is -0.779. The quantitative estimate of drug-likeness (QED) is 0.910. The predicted octanol–water partition coefficient (Wildman–Crippen LogP) is 2.57. The van der Waals surface area contributed by atoms with Gasteiger partial charge >= 0.3 is 0 Å². The van der Waals surface area contributed by atoms with Crippen LogP contribution in [0.5, 0.6) is 0 Å². The van der Waals surface area contributed by atoms with Crippen molar-refractivity contribution in [2.24, 2.45) is 0 Å². The number of nitrogens with one attached hydrogen (secondary N) is 1. The molecule has 0 atom stereocenters. The summed E-state index contributed by atoms with van der Waals surface area (Å²) in [6.45, 7) is 4.46. The van der Waals surface area contributed by atoms with E-state index in [1.165, 1.54) is 12.3 Å². The number of nitrogens with two attached hydrogens (primary N) is 1. The molecule has 6 heteroatoms. The first-order valence-corrected chi connectivity index (χ1v) is 7.02. The van der Waals surface area contributed by atoms with Crippen molar-refractivity contribution in [1.82, 2.24) is 10.3 Å². The lowest BCUT2D eigenvalue weighted by atomic mass is 9.91. The van der Waals surface area contributed by atoms with Crippen LogP contribution in [0.15, 0.2) is 29.8 Å². The third kappa shape index (κ3) is 2.96. The molecule has 0 aliphatic carbocycles. The first kappa shape index (κ1) is 14.5. The van der Waals surface area contributed by atoms with Crippen molar-refractivity contribution in [2.45, 2.75) is 19.3 Å². The predicted molar refractivity (Wildman–Crippen MR) is 78.3 cm³/mol. The lowest BCUT2D eigenvalue weighted by molar-refractivity contribution is 0.0942. The summed E-state index contributed by atoms with van der Waals surface area (Å²) in [5.74, 6) is -1.53. The van der Waals surface area contributed by atoms with Crippen molar-refractivity contribution in [2.75, 3.05) is 12.3 Å². The molecular weight excluding hydrogens is 277 g/mol. The maximum absolute atomic E-state index is 13.7. The molecule has 2 aromatic heterocycles. The summed E-state index contributed by atoms with van der Waals surface area (Å²) in [6, 6.07) is 5.30. The molecule has 0 saturated carbocycles. The van der Waals surface area contributed by atoms with Crippen LogP contribution in [0.3, 0.4) is 0 Å². The molecule has 0 radical (unpaired) electrons. The van der Waals surface area contributed by atoms with Crippen LogP contribution in [0.25, 0.3) is 0 Å². The number of carbonyl (C=O) groups is 1. The second-order valence-electron chi connectivity index (χ2n) is 5.10. The first-order valence-electron chi connectivity index (χ1n) is 6.14. The minimum absolute atomic E-state index is 0.0838. The zero-order valence-corrected chi connectivity index (χ0v) is 12.1. The van der Waals surface area contributed by atoms with E-state index in [-0.39, 0.29) is 16.8 Å². The molecule has 4 nitrogen and oxygen atoms in total. The average Bonchev–Trinajstić information content (AvgIpc) is 2.94. The normalized spacial score (nSPS) is 11.3. The summed E-state index contributed by atoms with van der Waals surface area (Å²) >= 11 is 1.63. The van der Waals surface area contributed by atoms with E-state index >= 15 is 0 Å². The molecule has 0 bridgehead atoms. The molecule has 106 valence electrons. The van der Waals surface area contributed by atoms with Gasteiger partial charge in [-0.2, -0.15) is 0 Å². The van der Waals surface area contributed by atoms with Gasteiger partial charge in [0.15, 0.2) is 11.6 Å². The molecule has 20 heavy (non-hydrogen) atoms. The number of thiophene rings is 1. The van der Waals surface area contributed by atoms with Crippen LogP contribution in [-0.4, -0.2) is 17.4 Å². The van der Waals surface area contributed by atoms with Crippen molar-refractivity contribution in [1.29, 1.82) is 0 Å². The Bertz CT molecular complexity index is 611. The van der Waals surface area contributed by atoms with Crippen molar-refractivity contribution < 1.29 is 9.18 Å². The Hall–Kier alpha value is -1.95. The molecule has 1 amide bonds. The fraction of sp³-hybridized carbons (Fsp3) is 0.286. The summed E-state index contributed by atoms with van der Waals surface area (Å²) in [5, 5.41) is 4.73. The molecule has 2 rings (SSSR count). The zero-order chi connectivity index (χ0) is 14.8. The fourth-order valence-corrected chi connectivity index (χ4v) is 2.63. The standard InChI is InChI=1S/C14H16FN3OS/c1-14(2,10-4-3-7-20-10)8-18-13(19)9-5-6-17-12(16)11(9)15/h3-7H,8H2,1-2H3,(H2,16,17)(H,18,19). The van der Waals surface area contributed by atoms with Crippen LogP contribution < -0.4 is 11.1 Å². The highest BCUT2D eigenvalue weighted by molar-refractivity contribution is 7.10. The van der Waals surface area contributed by atoms with E-state index in [0.29, 0.717) is 6.54 Å². The highest BCUT2D eigenvalue weighted by Gasteiger charge is 2.23. The van der Waals surface area contributed by atoms with Gasteiger partial charge in [-0.15, -0.1) is 11.3 Å². The number of nitrogens with zero attached hydrogens (tertiary/aromatic N) is 1. The molecular formula is C14H16FN3OS. The van der Waals surface area contributed by atoms with Gasteiger partial charge in [-0.3, -0.25) is 4.79 Å². The van der Waals surface area contributed by atoms with Gasteiger partial charge in [0.05, 0.1) is 5.56 Å². The number of carbonyl (C=O) groups excluding carboxylic acids is 1. The van der Waals surface area contributed by atoms with Gasteiger partial charge in [-0.05, 0) is 17.5 Å². The van der Waals surface area contributed by atoms with E-state index in [1.807, 2.05) is 31.4 Å². The average molecular weight is 293 g/mol. The number of hydrogen-bond donors (Lipinski definition) is 2. The molecule has 0 aliphatic heterocycles. The Balaban J connectivity index is 2.08. The van der Waals surface area contributed by atoms with Gasteiger partial charge in [0, 0.05) is 23.0 Å². The smallest absolute Gasteiger partial charge is 0.254 e. The number of rotatable bonds is 4. The summed E-state index contributed by atoms with van der Waals surface area (Å²) in [7, 11) is 0. The molecule has 0 aliphatic rings. The van der Waals surface area contributed by atoms with E-state index in [0.717, 1.165) is 4.88 Å². The van der Waals surface area contributed by atoms with Crippen LogP contribution in [0.1, 0.15) is 29.1 Å². The van der Waals surface area contributed by atoms with Crippen LogP contribution in [0.4, 0.5) is 10.2 Å². The first-order chi connectivity index (χ1) is 9.42. The lowest BCUT2D eigenvalue weighted by Gasteiger charge is -2.23. The third-order valence-corrected chi connectivity index (χ3v) is 4.28. The maximum atomic E-state index is 13.7. The number of anilines is 1. The maximum Gasteiger partial charge on any atom is 0.254 e. The van der Waals surface area contributed by atoms with Crippen molar-refractivity contribution in [3.05, 3.63) is 46.0 Å². The lowest BCUT2D eigenvalue weighted by Crippen LogP contribution is -2.36. The van der Waals surface area contributed by atoms with Crippen molar-refractivity contribution >= 4 is 23.1 Å². The Morgan fingerprint density at radius 1 is 1.50 bits per heavy atom. The second-order valence-corrected chi connectivity index (χ2v) is 6.05. The highest BCUT2D eigenvalue weighted by atomic mass is 32.1. The van der Waals surface area contributed by atoms with Crippen molar-refractivity contribution in [3.63, 3.8) is 0 Å². The molecule has 3 N–H and O–H groups in total. The molecule has 0 aromatic carbocycles. The molecule has 2 heterocycles. The van der Waals surface area contributed by atoms with E-state index in [2.05, 4.69) is 10.3 Å². The van der Waals surface area contributed by atoms with Gasteiger partial charge in [-0.25, -0.2) is 9.37 Å². The van der Waals surface area contributed by atoms with E-state index in [9.17, 15) is 9.18 Å². The minimum Gasteiger partial charge on any atom is -0.381 e. The van der Waals surface area contributed by atoms with Gasteiger partial charge in [0.2, 0.25) is 0 Å². The number of nitrogen functional groups attached to an aromatic ring is 1. The molecule has 0 fully saturated rings. The number of hydrogen-bond acceptors (Lipinski definition) is 4. The topological polar surface area (TPSA) is 68.0 Å². The molecule has 0 saturated heterocycles. The largest absolute Gasteiger partial charge is 0.381 e. The van der Waals surface area contributed by atoms with Gasteiger partial charge in [0.25, 0.3) is 5.91 Å². The number of amides is 1. The summed E-state index contributed by atoms with van der Waals surface area (Å²) in [6.07, 6.45) is 1.32. The van der Waals surface area contributed by atoms with Crippen molar-refractivity contribution in [3.8, 4) is 0 Å². The monoisotopic (exact) mass is 293 g/mol. The number of aromatic nitrogens is 1. The molecule has 0 spiro atoms.